The fourth-order valence-electron chi connectivity index (χ4n) is 1.79. The number of aliphatic carboxylic acids is 1. The van der Waals surface area contributed by atoms with Gasteiger partial charge >= 0.3 is 5.97 Å². The van der Waals surface area contributed by atoms with E-state index in [0.29, 0.717) is 10.6 Å². The molecule has 2 aromatic rings. The van der Waals surface area contributed by atoms with Gasteiger partial charge in [0.2, 0.25) is 0 Å². The molecule has 0 saturated heterocycles. The Morgan fingerprint density at radius 1 is 1.53 bits per heavy atom. The summed E-state index contributed by atoms with van der Waals surface area (Å²) in [6.07, 6.45) is 6.98. The Kier molecular flexibility index (Phi) is 4.02. The fourth-order valence-corrected chi connectivity index (χ4v) is 2.03. The molecule has 0 bridgehead atoms. The van der Waals surface area contributed by atoms with E-state index in [4.69, 9.17) is 16.7 Å². The molecule has 0 amide bonds. The van der Waals surface area contributed by atoms with E-state index in [-0.39, 0.29) is 0 Å². The van der Waals surface area contributed by atoms with Crippen molar-refractivity contribution in [1.82, 2.24) is 9.55 Å². The summed E-state index contributed by atoms with van der Waals surface area (Å²) < 4.78 is 1.95. The van der Waals surface area contributed by atoms with E-state index in [1.807, 2.05) is 23.8 Å². The molecule has 1 heterocycles. The number of aromatic nitrogens is 2. The number of rotatable bonds is 4. The number of carbonyl (C=O) groups is 1. The molecule has 0 atom stereocenters. The number of carboxylic acids is 1. The van der Waals surface area contributed by atoms with Gasteiger partial charge in [-0.2, -0.15) is 0 Å². The highest BCUT2D eigenvalue weighted by Crippen LogP contribution is 2.22. The quantitative estimate of drug-likeness (QED) is 0.873. The zero-order valence-electron chi connectivity index (χ0n) is 10.4. The van der Waals surface area contributed by atoms with Crippen molar-refractivity contribution < 1.29 is 9.90 Å². The Hall–Kier alpha value is -2.07. The summed E-state index contributed by atoms with van der Waals surface area (Å²) in [6.45, 7) is 2.03. The number of aryl methyl sites for hydroxylation is 1. The largest absolute Gasteiger partial charge is 0.478 e. The molecule has 1 aromatic heterocycles. The highest BCUT2D eigenvalue weighted by molar-refractivity contribution is 6.32. The summed E-state index contributed by atoms with van der Waals surface area (Å²) in [7, 11) is 0. The summed E-state index contributed by atoms with van der Waals surface area (Å²) in [5.74, 6) is -0.0482. The van der Waals surface area contributed by atoms with Crippen LogP contribution in [0.25, 0.3) is 11.8 Å². The Morgan fingerprint density at radius 3 is 2.95 bits per heavy atom. The highest BCUT2D eigenvalue weighted by Gasteiger charge is 2.05. The average Bonchev–Trinajstić information content (AvgIpc) is 2.85. The van der Waals surface area contributed by atoms with Crippen LogP contribution in [0.1, 0.15) is 18.3 Å². The standard InChI is InChI=1S/C14H13ClN2O2/c1-2-13-16-7-8-17(13)11-5-3-10(12(15)9-11)4-6-14(18)19/h3-9H,2H2,1H3,(H,18,19)/b6-4+. The Morgan fingerprint density at radius 2 is 2.32 bits per heavy atom. The normalized spacial score (nSPS) is 11.1. The molecule has 0 aliphatic carbocycles. The third-order valence-corrected chi connectivity index (χ3v) is 3.03. The van der Waals surface area contributed by atoms with Crippen LogP contribution in [0.3, 0.4) is 0 Å². The second kappa shape index (κ2) is 5.71. The maximum Gasteiger partial charge on any atom is 0.328 e. The van der Waals surface area contributed by atoms with Crippen molar-refractivity contribution in [2.24, 2.45) is 0 Å². The molecular formula is C14H13ClN2O2. The Labute approximate surface area is 116 Å². The minimum Gasteiger partial charge on any atom is -0.478 e. The molecule has 98 valence electrons. The monoisotopic (exact) mass is 276 g/mol. The molecule has 0 saturated carbocycles. The first kappa shape index (κ1) is 13.4. The van der Waals surface area contributed by atoms with Crippen molar-refractivity contribution in [3.05, 3.63) is 53.1 Å². The first-order valence-corrected chi connectivity index (χ1v) is 6.22. The van der Waals surface area contributed by atoms with Crippen molar-refractivity contribution >= 4 is 23.6 Å². The molecule has 5 heteroatoms. The van der Waals surface area contributed by atoms with E-state index >= 15 is 0 Å². The van der Waals surface area contributed by atoms with Gasteiger partial charge in [0.05, 0.1) is 0 Å². The first-order valence-electron chi connectivity index (χ1n) is 5.85. The number of imidazole rings is 1. The van der Waals surface area contributed by atoms with E-state index in [0.717, 1.165) is 24.0 Å². The summed E-state index contributed by atoms with van der Waals surface area (Å²) in [5, 5.41) is 9.10. The summed E-state index contributed by atoms with van der Waals surface area (Å²) in [6, 6.07) is 5.47. The maximum absolute atomic E-state index is 10.5. The van der Waals surface area contributed by atoms with E-state index in [1.54, 1.807) is 18.3 Å². The highest BCUT2D eigenvalue weighted by atomic mass is 35.5. The second-order valence-electron chi connectivity index (χ2n) is 3.94. The van der Waals surface area contributed by atoms with E-state index in [2.05, 4.69) is 4.98 Å². The predicted molar refractivity (Wildman–Crippen MR) is 74.6 cm³/mol. The zero-order chi connectivity index (χ0) is 13.8. The van der Waals surface area contributed by atoms with Gasteiger partial charge in [0, 0.05) is 35.6 Å². The lowest BCUT2D eigenvalue weighted by Crippen LogP contribution is -1.99. The Bertz CT molecular complexity index is 632. The molecule has 0 aliphatic heterocycles. The number of carboxylic acid groups (broad SMARTS) is 1. The van der Waals surface area contributed by atoms with Crippen molar-refractivity contribution in [2.45, 2.75) is 13.3 Å². The fraction of sp³-hybridized carbons (Fsp3) is 0.143. The summed E-state index contributed by atoms with van der Waals surface area (Å²) in [5.41, 5.74) is 1.58. The molecule has 1 N–H and O–H groups in total. The van der Waals surface area contributed by atoms with Crippen LogP contribution in [0.4, 0.5) is 0 Å². The van der Waals surface area contributed by atoms with Crippen LogP contribution in [-0.2, 0) is 11.2 Å². The topological polar surface area (TPSA) is 55.1 Å². The number of nitrogens with zero attached hydrogens (tertiary/aromatic N) is 2. The van der Waals surface area contributed by atoms with E-state index in [1.165, 1.54) is 6.08 Å². The summed E-state index contributed by atoms with van der Waals surface area (Å²) >= 11 is 6.15. The molecule has 0 fully saturated rings. The van der Waals surface area contributed by atoms with Gasteiger partial charge in [-0.15, -0.1) is 0 Å². The minimum absolute atomic E-state index is 0.505. The molecule has 0 unspecified atom stereocenters. The molecule has 4 nitrogen and oxygen atoms in total. The van der Waals surface area contributed by atoms with Gasteiger partial charge in [-0.3, -0.25) is 0 Å². The number of halogens is 1. The van der Waals surface area contributed by atoms with Gasteiger partial charge in [0.1, 0.15) is 5.82 Å². The van der Waals surface area contributed by atoms with Crippen molar-refractivity contribution in [1.29, 1.82) is 0 Å². The van der Waals surface area contributed by atoms with Crippen LogP contribution >= 0.6 is 11.6 Å². The predicted octanol–water partition coefficient (Wildman–Crippen LogP) is 3.19. The number of hydrogen-bond donors (Lipinski definition) is 1. The van der Waals surface area contributed by atoms with Crippen LogP contribution in [0, 0.1) is 0 Å². The van der Waals surface area contributed by atoms with Gasteiger partial charge in [-0.1, -0.05) is 24.6 Å². The molecule has 0 spiro atoms. The van der Waals surface area contributed by atoms with Crippen LogP contribution in [0.2, 0.25) is 5.02 Å². The lowest BCUT2D eigenvalue weighted by atomic mass is 10.2. The SMILES string of the molecule is CCc1nccn1-c1ccc(/C=C/C(=O)O)c(Cl)c1. The van der Waals surface area contributed by atoms with Crippen LogP contribution in [-0.4, -0.2) is 20.6 Å². The average molecular weight is 277 g/mol. The molecule has 1 aromatic carbocycles. The smallest absolute Gasteiger partial charge is 0.328 e. The van der Waals surface area contributed by atoms with E-state index < -0.39 is 5.97 Å². The van der Waals surface area contributed by atoms with E-state index in [9.17, 15) is 4.79 Å². The maximum atomic E-state index is 10.5. The van der Waals surface area contributed by atoms with Gasteiger partial charge in [0.25, 0.3) is 0 Å². The van der Waals surface area contributed by atoms with Crippen molar-refractivity contribution in [3.8, 4) is 5.69 Å². The molecule has 0 radical (unpaired) electrons. The number of hydrogen-bond acceptors (Lipinski definition) is 2. The minimum atomic E-state index is -0.997. The lowest BCUT2D eigenvalue weighted by Gasteiger charge is -2.08. The lowest BCUT2D eigenvalue weighted by molar-refractivity contribution is -0.131. The molecule has 2 rings (SSSR count). The van der Waals surface area contributed by atoms with Gasteiger partial charge in [0.15, 0.2) is 0 Å². The van der Waals surface area contributed by atoms with Crippen LogP contribution in [0.15, 0.2) is 36.7 Å². The van der Waals surface area contributed by atoms with Crippen LogP contribution in [0.5, 0.6) is 0 Å². The number of benzene rings is 1. The second-order valence-corrected chi connectivity index (χ2v) is 4.35. The van der Waals surface area contributed by atoms with Gasteiger partial charge < -0.3 is 9.67 Å². The Balaban J connectivity index is 2.36. The third-order valence-electron chi connectivity index (χ3n) is 2.70. The zero-order valence-corrected chi connectivity index (χ0v) is 11.1. The van der Waals surface area contributed by atoms with Crippen molar-refractivity contribution in [2.75, 3.05) is 0 Å². The molecule has 19 heavy (non-hydrogen) atoms. The van der Waals surface area contributed by atoms with Gasteiger partial charge in [-0.25, -0.2) is 9.78 Å². The third kappa shape index (κ3) is 3.03. The molecular weight excluding hydrogens is 264 g/mol. The van der Waals surface area contributed by atoms with Gasteiger partial charge in [-0.05, 0) is 23.8 Å². The molecule has 0 aliphatic rings. The van der Waals surface area contributed by atoms with Crippen molar-refractivity contribution in [3.63, 3.8) is 0 Å². The first-order chi connectivity index (χ1) is 9.11. The summed E-state index contributed by atoms with van der Waals surface area (Å²) in [4.78, 5) is 14.7. The van der Waals surface area contributed by atoms with Crippen LogP contribution < -0.4 is 0 Å².